The normalized spacial score (nSPS) is 10.4. The van der Waals surface area contributed by atoms with Crippen molar-refractivity contribution in [1.29, 1.82) is 5.26 Å². The van der Waals surface area contributed by atoms with Crippen LogP contribution in [0, 0.1) is 11.3 Å². The van der Waals surface area contributed by atoms with Crippen LogP contribution in [0.1, 0.15) is 23.7 Å². The van der Waals surface area contributed by atoms with E-state index in [1.807, 2.05) is 0 Å². The molecule has 2 N–H and O–H groups in total. The van der Waals surface area contributed by atoms with Gasteiger partial charge in [-0.25, -0.2) is 0 Å². The highest BCUT2D eigenvalue weighted by Gasteiger charge is 2.10. The van der Waals surface area contributed by atoms with Crippen LogP contribution in [0.5, 0.6) is 0 Å². The molecule has 0 fully saturated rings. The topological polar surface area (TPSA) is 108 Å². The highest BCUT2D eigenvalue weighted by Crippen LogP contribution is 2.12. The van der Waals surface area contributed by atoms with Gasteiger partial charge in [0.15, 0.2) is 5.78 Å². The molecule has 1 rings (SSSR count). The predicted molar refractivity (Wildman–Crippen MR) is 83.4 cm³/mol. The average Bonchev–Trinajstić information content (AvgIpc) is 2.54. The minimum absolute atomic E-state index is 0.119. The average molecular weight is 315 g/mol. The molecule has 1 aromatic rings. The quantitative estimate of drug-likeness (QED) is 0.259. The van der Waals surface area contributed by atoms with Gasteiger partial charge in [0.25, 0.3) is 5.91 Å². The van der Waals surface area contributed by atoms with Gasteiger partial charge in [0, 0.05) is 24.0 Å². The van der Waals surface area contributed by atoms with E-state index in [0.29, 0.717) is 11.3 Å². The molecule has 0 aliphatic heterocycles. The van der Waals surface area contributed by atoms with Gasteiger partial charge in [0.05, 0.1) is 13.5 Å². The monoisotopic (exact) mass is 315 g/mol. The summed E-state index contributed by atoms with van der Waals surface area (Å²) < 4.78 is 4.47. The number of anilines is 1. The Labute approximate surface area is 133 Å². The second kappa shape index (κ2) is 9.00. The number of ether oxygens (including phenoxy) is 1. The summed E-state index contributed by atoms with van der Waals surface area (Å²) in [5.74, 6) is -1.13. The first-order valence-corrected chi connectivity index (χ1v) is 6.80. The van der Waals surface area contributed by atoms with Crippen molar-refractivity contribution in [3.8, 4) is 6.07 Å². The van der Waals surface area contributed by atoms with E-state index in [9.17, 15) is 14.4 Å². The van der Waals surface area contributed by atoms with Crippen molar-refractivity contribution in [3.63, 3.8) is 0 Å². The fourth-order valence-corrected chi connectivity index (χ4v) is 1.61. The number of methoxy groups -OCH3 is 1. The van der Waals surface area contributed by atoms with Crippen molar-refractivity contribution in [1.82, 2.24) is 5.32 Å². The molecule has 0 heterocycles. The number of nitrogens with one attached hydrogen (secondary N) is 2. The molecular weight excluding hydrogens is 298 g/mol. The smallest absolute Gasteiger partial charge is 0.307 e. The number of nitriles is 1. The zero-order valence-electron chi connectivity index (χ0n) is 12.9. The zero-order chi connectivity index (χ0) is 17.2. The van der Waals surface area contributed by atoms with Crippen molar-refractivity contribution < 1.29 is 19.1 Å². The minimum Gasteiger partial charge on any atom is -0.469 e. The Hall–Kier alpha value is -3.14. The molecule has 0 atom stereocenters. The van der Waals surface area contributed by atoms with Crippen LogP contribution in [-0.4, -0.2) is 31.3 Å². The number of amides is 1. The van der Waals surface area contributed by atoms with Crippen LogP contribution in [-0.2, 0) is 14.3 Å². The number of esters is 1. The number of carbonyl (C=O) groups is 3. The number of carbonyl (C=O) groups excluding carboxylic acids is 3. The zero-order valence-corrected chi connectivity index (χ0v) is 12.9. The van der Waals surface area contributed by atoms with Gasteiger partial charge in [-0.05, 0) is 19.1 Å². The van der Waals surface area contributed by atoms with Gasteiger partial charge in [0.2, 0.25) is 0 Å². The van der Waals surface area contributed by atoms with E-state index in [1.165, 1.54) is 26.3 Å². The molecule has 1 amide bonds. The molecule has 0 aromatic heterocycles. The van der Waals surface area contributed by atoms with Gasteiger partial charge < -0.3 is 15.4 Å². The number of hydrogen-bond donors (Lipinski definition) is 2. The predicted octanol–water partition coefficient (Wildman–Crippen LogP) is 1.39. The number of hydrogen-bond acceptors (Lipinski definition) is 6. The molecule has 23 heavy (non-hydrogen) atoms. The van der Waals surface area contributed by atoms with Gasteiger partial charge in [-0.15, -0.1) is 0 Å². The lowest BCUT2D eigenvalue weighted by Crippen LogP contribution is -2.18. The SMILES string of the molecule is COC(=O)CCN/C=C(/C#N)C(=O)Nc1cccc(C(C)=O)c1. The third kappa shape index (κ3) is 6.01. The van der Waals surface area contributed by atoms with Crippen LogP contribution in [0.25, 0.3) is 0 Å². The molecule has 0 saturated heterocycles. The lowest BCUT2D eigenvalue weighted by atomic mass is 10.1. The van der Waals surface area contributed by atoms with Crippen LogP contribution in [0.3, 0.4) is 0 Å². The van der Waals surface area contributed by atoms with Crippen LogP contribution in [0.4, 0.5) is 5.69 Å². The molecule has 0 bridgehead atoms. The molecule has 0 saturated carbocycles. The first-order chi connectivity index (χ1) is 11.0. The van der Waals surface area contributed by atoms with Gasteiger partial charge in [-0.3, -0.25) is 14.4 Å². The number of rotatable bonds is 7. The molecular formula is C16H17N3O4. The molecule has 0 unspecified atom stereocenters. The van der Waals surface area contributed by atoms with Gasteiger partial charge in [0.1, 0.15) is 11.6 Å². The molecule has 0 aliphatic rings. The highest BCUT2D eigenvalue weighted by molar-refractivity contribution is 6.07. The number of ketones is 1. The van der Waals surface area contributed by atoms with Crippen molar-refractivity contribution in [2.24, 2.45) is 0 Å². The summed E-state index contributed by atoms with van der Waals surface area (Å²) in [6.45, 7) is 1.66. The van der Waals surface area contributed by atoms with Gasteiger partial charge in [-0.2, -0.15) is 5.26 Å². The summed E-state index contributed by atoms with van der Waals surface area (Å²) in [7, 11) is 1.28. The van der Waals surface area contributed by atoms with Gasteiger partial charge in [-0.1, -0.05) is 12.1 Å². The first kappa shape index (κ1) is 17.9. The number of Topliss-reactive ketones (excluding diaryl/α,β-unsaturated/α-hetero) is 1. The van der Waals surface area contributed by atoms with E-state index < -0.39 is 11.9 Å². The Kier molecular flexibility index (Phi) is 7.01. The van der Waals surface area contributed by atoms with Crippen molar-refractivity contribution in [2.75, 3.05) is 19.0 Å². The maximum Gasteiger partial charge on any atom is 0.307 e. The fourth-order valence-electron chi connectivity index (χ4n) is 1.61. The summed E-state index contributed by atoms with van der Waals surface area (Å²) in [5, 5.41) is 14.2. The fraction of sp³-hybridized carbons (Fsp3) is 0.250. The maximum atomic E-state index is 12.0. The Balaban J connectivity index is 2.67. The lowest BCUT2D eigenvalue weighted by Gasteiger charge is -2.06. The molecule has 120 valence electrons. The Morgan fingerprint density at radius 2 is 2.09 bits per heavy atom. The van der Waals surface area contributed by atoms with Crippen LogP contribution < -0.4 is 10.6 Å². The highest BCUT2D eigenvalue weighted by atomic mass is 16.5. The maximum absolute atomic E-state index is 12.0. The number of benzene rings is 1. The summed E-state index contributed by atoms with van der Waals surface area (Å²) in [6, 6.07) is 8.18. The van der Waals surface area contributed by atoms with E-state index in [2.05, 4.69) is 15.4 Å². The van der Waals surface area contributed by atoms with E-state index in [-0.39, 0.29) is 24.3 Å². The van der Waals surface area contributed by atoms with E-state index in [1.54, 1.807) is 24.3 Å². The summed E-state index contributed by atoms with van der Waals surface area (Å²) in [6.07, 6.45) is 1.35. The summed E-state index contributed by atoms with van der Waals surface area (Å²) >= 11 is 0. The second-order valence-electron chi connectivity index (χ2n) is 4.54. The van der Waals surface area contributed by atoms with Crippen molar-refractivity contribution in [3.05, 3.63) is 41.6 Å². The van der Waals surface area contributed by atoms with E-state index in [4.69, 9.17) is 5.26 Å². The van der Waals surface area contributed by atoms with Crippen molar-refractivity contribution >= 4 is 23.3 Å². The molecule has 7 heteroatoms. The lowest BCUT2D eigenvalue weighted by molar-refractivity contribution is -0.140. The molecule has 0 aliphatic carbocycles. The van der Waals surface area contributed by atoms with Gasteiger partial charge >= 0.3 is 5.97 Å². The standard InChI is InChI=1S/C16H17N3O4/c1-11(20)12-4-3-5-14(8-12)19-16(22)13(9-17)10-18-7-6-15(21)23-2/h3-5,8,10,18H,6-7H2,1-2H3,(H,19,22)/b13-10-. The largest absolute Gasteiger partial charge is 0.469 e. The second-order valence-corrected chi connectivity index (χ2v) is 4.54. The molecule has 7 nitrogen and oxygen atoms in total. The third-order valence-corrected chi connectivity index (χ3v) is 2.84. The van der Waals surface area contributed by atoms with E-state index in [0.717, 1.165) is 0 Å². The van der Waals surface area contributed by atoms with Crippen LogP contribution in [0.2, 0.25) is 0 Å². The Bertz CT molecular complexity index is 674. The summed E-state index contributed by atoms with van der Waals surface area (Å²) in [5.41, 5.74) is 0.725. The third-order valence-electron chi connectivity index (χ3n) is 2.84. The Morgan fingerprint density at radius 1 is 1.35 bits per heavy atom. The minimum atomic E-state index is -0.612. The van der Waals surface area contributed by atoms with Crippen molar-refractivity contribution in [2.45, 2.75) is 13.3 Å². The molecule has 1 aromatic carbocycles. The number of nitrogens with zero attached hydrogens (tertiary/aromatic N) is 1. The molecule has 0 spiro atoms. The van der Waals surface area contributed by atoms with Crippen LogP contribution >= 0.6 is 0 Å². The Morgan fingerprint density at radius 3 is 2.70 bits per heavy atom. The summed E-state index contributed by atoms with van der Waals surface area (Å²) in [4.78, 5) is 34.2. The van der Waals surface area contributed by atoms with E-state index >= 15 is 0 Å². The van der Waals surface area contributed by atoms with Crippen LogP contribution in [0.15, 0.2) is 36.0 Å². The molecule has 0 radical (unpaired) electrons. The first-order valence-electron chi connectivity index (χ1n) is 6.80.